The van der Waals surface area contributed by atoms with Crippen molar-refractivity contribution < 1.29 is 14.3 Å². The molecule has 1 aromatic carbocycles. The highest BCUT2D eigenvalue weighted by molar-refractivity contribution is 5.82. The van der Waals surface area contributed by atoms with E-state index in [2.05, 4.69) is 4.90 Å². The molecule has 1 N–H and O–H groups in total. The van der Waals surface area contributed by atoms with Crippen molar-refractivity contribution in [3.63, 3.8) is 0 Å². The average Bonchev–Trinajstić information content (AvgIpc) is 2.65. The molecule has 5 heteroatoms. The van der Waals surface area contributed by atoms with Crippen LogP contribution in [0.15, 0.2) is 27.4 Å². The van der Waals surface area contributed by atoms with Crippen molar-refractivity contribution in [3.05, 3.63) is 39.7 Å². The molecule has 1 aliphatic heterocycles. The Kier molecular flexibility index (Phi) is 6.33. The topological polar surface area (TPSA) is 62.9 Å². The van der Waals surface area contributed by atoms with Crippen LogP contribution in [0.4, 0.5) is 0 Å². The van der Waals surface area contributed by atoms with Crippen molar-refractivity contribution in [3.8, 4) is 5.75 Å². The van der Waals surface area contributed by atoms with Crippen LogP contribution in [0.3, 0.4) is 0 Å². The molecular formula is C21H29NO4. The van der Waals surface area contributed by atoms with Crippen LogP contribution in [0.2, 0.25) is 0 Å². The maximum Gasteiger partial charge on any atom is 0.339 e. The van der Waals surface area contributed by atoms with Gasteiger partial charge in [-0.15, -0.1) is 0 Å². The number of fused-ring (bicyclic) bond motifs is 1. The molecule has 2 heterocycles. The summed E-state index contributed by atoms with van der Waals surface area (Å²) in [4.78, 5) is 14.3. The number of likely N-dealkylation sites (tertiary alicyclic amines) is 1. The van der Waals surface area contributed by atoms with Crippen molar-refractivity contribution in [1.82, 2.24) is 4.90 Å². The van der Waals surface area contributed by atoms with Crippen LogP contribution in [0.25, 0.3) is 11.0 Å². The molecule has 1 saturated heterocycles. The third kappa shape index (κ3) is 4.46. The summed E-state index contributed by atoms with van der Waals surface area (Å²) in [7, 11) is 0. The third-order valence-corrected chi connectivity index (χ3v) is 5.56. The van der Waals surface area contributed by atoms with E-state index in [1.165, 1.54) is 12.8 Å². The highest BCUT2D eigenvalue weighted by atomic mass is 16.5. The molecule has 0 radical (unpaired) electrons. The predicted octanol–water partition coefficient (Wildman–Crippen LogP) is 3.27. The van der Waals surface area contributed by atoms with Gasteiger partial charge in [0.15, 0.2) is 0 Å². The number of aliphatic hydroxyl groups is 1. The molecule has 3 rings (SSSR count). The largest absolute Gasteiger partial charge is 0.493 e. The van der Waals surface area contributed by atoms with E-state index in [4.69, 9.17) is 14.3 Å². The highest BCUT2D eigenvalue weighted by Crippen LogP contribution is 2.25. The molecule has 142 valence electrons. The summed E-state index contributed by atoms with van der Waals surface area (Å²) in [5, 5.41) is 9.88. The Hall–Kier alpha value is -1.85. The average molecular weight is 359 g/mol. The molecule has 0 atom stereocenters. The van der Waals surface area contributed by atoms with Gasteiger partial charge in [0.1, 0.15) is 11.3 Å². The molecule has 0 aliphatic carbocycles. The van der Waals surface area contributed by atoms with E-state index in [1.807, 2.05) is 25.1 Å². The van der Waals surface area contributed by atoms with Gasteiger partial charge in [0.2, 0.25) is 0 Å². The molecule has 0 amide bonds. The first-order valence-electron chi connectivity index (χ1n) is 9.58. The van der Waals surface area contributed by atoms with E-state index in [-0.39, 0.29) is 12.2 Å². The molecule has 26 heavy (non-hydrogen) atoms. The van der Waals surface area contributed by atoms with Gasteiger partial charge in [0, 0.05) is 30.2 Å². The lowest BCUT2D eigenvalue weighted by Crippen LogP contribution is -2.35. The van der Waals surface area contributed by atoms with Crippen LogP contribution < -0.4 is 10.4 Å². The number of hydrogen-bond acceptors (Lipinski definition) is 5. The third-order valence-electron chi connectivity index (χ3n) is 5.56. The van der Waals surface area contributed by atoms with Crippen LogP contribution in [0.1, 0.15) is 36.8 Å². The lowest BCUT2D eigenvalue weighted by Gasteiger charge is -2.31. The summed E-state index contributed by atoms with van der Waals surface area (Å²) in [6.07, 6.45) is 4.30. The van der Waals surface area contributed by atoms with Crippen molar-refractivity contribution in [1.29, 1.82) is 0 Å². The molecule has 5 nitrogen and oxygen atoms in total. The fraction of sp³-hybridized carbons (Fsp3) is 0.571. The second-order valence-electron chi connectivity index (χ2n) is 7.30. The number of rotatable bonds is 7. The fourth-order valence-electron chi connectivity index (χ4n) is 3.65. The van der Waals surface area contributed by atoms with Crippen LogP contribution in [0.5, 0.6) is 5.75 Å². The number of piperidine rings is 1. The summed E-state index contributed by atoms with van der Waals surface area (Å²) >= 11 is 0. The zero-order chi connectivity index (χ0) is 18.5. The lowest BCUT2D eigenvalue weighted by molar-refractivity contribution is 0.152. The summed E-state index contributed by atoms with van der Waals surface area (Å²) in [5.74, 6) is 1.45. The van der Waals surface area contributed by atoms with Crippen molar-refractivity contribution >= 4 is 11.0 Å². The highest BCUT2D eigenvalue weighted by Gasteiger charge is 2.18. The van der Waals surface area contributed by atoms with E-state index < -0.39 is 0 Å². The molecule has 0 saturated carbocycles. The Morgan fingerprint density at radius 2 is 2.00 bits per heavy atom. The normalized spacial score (nSPS) is 16.3. The molecule has 0 bridgehead atoms. The van der Waals surface area contributed by atoms with Gasteiger partial charge in [-0.05, 0) is 76.2 Å². The summed E-state index contributed by atoms with van der Waals surface area (Å²) in [6.45, 7) is 7.93. The first-order chi connectivity index (χ1) is 12.6. The van der Waals surface area contributed by atoms with E-state index in [1.54, 1.807) is 6.92 Å². The second kappa shape index (κ2) is 8.69. The zero-order valence-electron chi connectivity index (χ0n) is 15.8. The summed E-state index contributed by atoms with van der Waals surface area (Å²) in [6, 6.07) is 5.74. The standard InChI is InChI=1S/C21H29NO4/c1-15-16(2)21(24)26-20-14-18(4-5-19(15)20)25-13-8-17-6-10-22(11-7-17)9-3-12-23/h4-5,14,17,23H,3,6-13H2,1-2H3. The van der Waals surface area contributed by atoms with E-state index in [0.717, 1.165) is 49.2 Å². The maximum absolute atomic E-state index is 11.9. The number of benzene rings is 1. The Morgan fingerprint density at radius 3 is 2.73 bits per heavy atom. The summed E-state index contributed by atoms with van der Waals surface area (Å²) in [5.41, 5.74) is 1.94. The minimum atomic E-state index is -0.278. The number of hydrogen-bond donors (Lipinski definition) is 1. The fourth-order valence-corrected chi connectivity index (χ4v) is 3.65. The molecule has 0 spiro atoms. The van der Waals surface area contributed by atoms with Crippen LogP contribution >= 0.6 is 0 Å². The van der Waals surface area contributed by atoms with Gasteiger partial charge < -0.3 is 19.2 Å². The lowest BCUT2D eigenvalue weighted by atomic mass is 9.94. The number of nitrogens with zero attached hydrogens (tertiary/aromatic N) is 1. The van der Waals surface area contributed by atoms with Gasteiger partial charge in [0.05, 0.1) is 6.61 Å². The second-order valence-corrected chi connectivity index (χ2v) is 7.30. The van der Waals surface area contributed by atoms with Crippen LogP contribution in [-0.4, -0.2) is 42.9 Å². The van der Waals surface area contributed by atoms with Crippen molar-refractivity contribution in [2.45, 2.75) is 39.5 Å². The Morgan fingerprint density at radius 1 is 1.23 bits per heavy atom. The smallest absolute Gasteiger partial charge is 0.339 e. The number of aliphatic hydroxyl groups excluding tert-OH is 1. The van der Waals surface area contributed by atoms with Gasteiger partial charge in [-0.2, -0.15) is 0 Å². The molecule has 1 aromatic heterocycles. The van der Waals surface area contributed by atoms with Crippen LogP contribution in [-0.2, 0) is 0 Å². The predicted molar refractivity (Wildman–Crippen MR) is 103 cm³/mol. The van der Waals surface area contributed by atoms with Crippen molar-refractivity contribution in [2.24, 2.45) is 5.92 Å². The SMILES string of the molecule is Cc1c(C)c2ccc(OCCC3CCN(CCCO)CC3)cc2oc1=O. The van der Waals surface area contributed by atoms with Gasteiger partial charge >= 0.3 is 5.63 Å². The van der Waals surface area contributed by atoms with Gasteiger partial charge in [-0.1, -0.05) is 0 Å². The van der Waals surface area contributed by atoms with Gasteiger partial charge in [0.25, 0.3) is 0 Å². The van der Waals surface area contributed by atoms with Crippen LogP contribution in [0, 0.1) is 19.8 Å². The zero-order valence-corrected chi connectivity index (χ0v) is 15.8. The van der Waals surface area contributed by atoms with Crippen molar-refractivity contribution in [2.75, 3.05) is 32.8 Å². The molecule has 0 unspecified atom stereocenters. The molecule has 2 aromatic rings. The summed E-state index contributed by atoms with van der Waals surface area (Å²) < 4.78 is 11.3. The minimum absolute atomic E-state index is 0.277. The quantitative estimate of drug-likeness (QED) is 0.769. The van der Waals surface area contributed by atoms with E-state index >= 15 is 0 Å². The molecule has 1 aliphatic rings. The monoisotopic (exact) mass is 359 g/mol. The Labute approximate surface area is 154 Å². The Bertz CT molecular complexity index is 790. The maximum atomic E-state index is 11.9. The van der Waals surface area contributed by atoms with Gasteiger partial charge in [-0.3, -0.25) is 0 Å². The molecule has 1 fully saturated rings. The number of aryl methyl sites for hydroxylation is 1. The number of ether oxygens (including phenoxy) is 1. The first-order valence-corrected chi connectivity index (χ1v) is 9.58. The van der Waals surface area contributed by atoms with Gasteiger partial charge in [-0.25, -0.2) is 4.79 Å². The minimum Gasteiger partial charge on any atom is -0.493 e. The van der Waals surface area contributed by atoms with E-state index in [9.17, 15) is 4.79 Å². The first kappa shape index (κ1) is 18.9. The van der Waals surface area contributed by atoms with E-state index in [0.29, 0.717) is 23.7 Å². The Balaban J connectivity index is 1.51. The molecular weight excluding hydrogens is 330 g/mol.